The topological polar surface area (TPSA) is 85.9 Å². The number of carbonyl (C=O) groups excluding carboxylic acids is 2. The molecule has 0 aliphatic heterocycles. The Morgan fingerprint density at radius 2 is 1.64 bits per heavy atom. The minimum absolute atomic E-state index is 0.269. The minimum atomic E-state index is -0.688. The van der Waals surface area contributed by atoms with E-state index in [1.165, 1.54) is 0 Å². The zero-order chi connectivity index (χ0) is 26.1. The number of hydrogen-bond acceptors (Lipinski definition) is 5. The SMILES string of the molecule is CC[C@@H](Oc1cc(C)ccc1C)C(=O)Nc1ccccc1C(=O)NCCc1ccc(OC)c(OC)c1. The van der Waals surface area contributed by atoms with Crippen LogP contribution in [0.25, 0.3) is 0 Å². The number of hydrogen-bond donors (Lipinski definition) is 2. The summed E-state index contributed by atoms with van der Waals surface area (Å²) in [6.45, 7) is 6.24. The highest BCUT2D eigenvalue weighted by Gasteiger charge is 2.21. The van der Waals surface area contributed by atoms with Crippen LogP contribution in [0.5, 0.6) is 17.2 Å². The molecule has 0 unspecified atom stereocenters. The lowest BCUT2D eigenvalue weighted by atomic mass is 10.1. The normalized spacial score (nSPS) is 11.4. The number of para-hydroxylation sites is 1. The number of benzene rings is 3. The third kappa shape index (κ3) is 6.78. The summed E-state index contributed by atoms with van der Waals surface area (Å²) in [4.78, 5) is 26.0. The van der Waals surface area contributed by atoms with Crippen molar-refractivity contribution in [2.45, 2.75) is 39.7 Å². The van der Waals surface area contributed by atoms with Gasteiger partial charge in [-0.15, -0.1) is 0 Å². The number of methoxy groups -OCH3 is 2. The van der Waals surface area contributed by atoms with Gasteiger partial charge in [0.2, 0.25) is 0 Å². The Morgan fingerprint density at radius 3 is 2.36 bits per heavy atom. The molecule has 7 nitrogen and oxygen atoms in total. The van der Waals surface area contributed by atoms with Gasteiger partial charge in [0.25, 0.3) is 11.8 Å². The molecule has 190 valence electrons. The molecule has 3 aromatic carbocycles. The second-order valence-electron chi connectivity index (χ2n) is 8.51. The van der Waals surface area contributed by atoms with Gasteiger partial charge in [-0.1, -0.05) is 37.3 Å². The largest absolute Gasteiger partial charge is 0.493 e. The molecular weight excluding hydrogens is 456 g/mol. The Bertz CT molecular complexity index is 1210. The van der Waals surface area contributed by atoms with E-state index in [-0.39, 0.29) is 11.8 Å². The van der Waals surface area contributed by atoms with Crippen molar-refractivity contribution in [3.05, 3.63) is 82.9 Å². The molecule has 0 saturated carbocycles. The van der Waals surface area contributed by atoms with Crippen molar-refractivity contribution in [3.8, 4) is 17.2 Å². The minimum Gasteiger partial charge on any atom is -0.493 e. The highest BCUT2D eigenvalue weighted by Crippen LogP contribution is 2.27. The fraction of sp³-hybridized carbons (Fsp3) is 0.310. The molecule has 0 bridgehead atoms. The van der Waals surface area contributed by atoms with Crippen LogP contribution in [0.1, 0.15) is 40.4 Å². The third-order valence-corrected chi connectivity index (χ3v) is 5.85. The molecule has 0 fully saturated rings. The molecule has 1 atom stereocenters. The van der Waals surface area contributed by atoms with Crippen molar-refractivity contribution in [1.29, 1.82) is 0 Å². The molecule has 2 N–H and O–H groups in total. The molecule has 0 heterocycles. The molecular formula is C29H34N2O5. The van der Waals surface area contributed by atoms with Crippen molar-refractivity contribution >= 4 is 17.5 Å². The second-order valence-corrected chi connectivity index (χ2v) is 8.51. The first-order chi connectivity index (χ1) is 17.4. The lowest BCUT2D eigenvalue weighted by Crippen LogP contribution is -2.34. The number of nitrogens with one attached hydrogen (secondary N) is 2. The predicted molar refractivity (Wildman–Crippen MR) is 141 cm³/mol. The maximum atomic E-state index is 13.0. The average molecular weight is 491 g/mol. The molecule has 0 saturated heterocycles. The Balaban J connectivity index is 1.64. The van der Waals surface area contributed by atoms with Crippen molar-refractivity contribution in [2.75, 3.05) is 26.1 Å². The van der Waals surface area contributed by atoms with Crippen LogP contribution in [0.4, 0.5) is 5.69 Å². The number of anilines is 1. The van der Waals surface area contributed by atoms with Gasteiger partial charge in [-0.05, 0) is 73.7 Å². The first-order valence-corrected chi connectivity index (χ1v) is 12.0. The Hall–Kier alpha value is -4.00. The number of ether oxygens (including phenoxy) is 3. The Kier molecular flexibility index (Phi) is 9.33. The van der Waals surface area contributed by atoms with Crippen molar-refractivity contribution in [1.82, 2.24) is 5.32 Å². The maximum Gasteiger partial charge on any atom is 0.265 e. The molecule has 0 radical (unpaired) electrons. The predicted octanol–water partition coefficient (Wildman–Crippen LogP) is 5.09. The highest BCUT2D eigenvalue weighted by atomic mass is 16.5. The smallest absolute Gasteiger partial charge is 0.265 e. The molecule has 0 aromatic heterocycles. The Labute approximate surface area is 212 Å². The molecule has 3 rings (SSSR count). The van der Waals surface area contributed by atoms with Crippen LogP contribution in [0.2, 0.25) is 0 Å². The van der Waals surface area contributed by atoms with E-state index in [0.29, 0.717) is 47.9 Å². The van der Waals surface area contributed by atoms with Gasteiger partial charge in [-0.3, -0.25) is 9.59 Å². The Morgan fingerprint density at radius 1 is 0.889 bits per heavy atom. The monoisotopic (exact) mass is 490 g/mol. The molecule has 2 amide bonds. The molecule has 3 aromatic rings. The van der Waals surface area contributed by atoms with Crippen molar-refractivity contribution < 1.29 is 23.8 Å². The quantitative estimate of drug-likeness (QED) is 0.391. The standard InChI is InChI=1S/C29H34N2O5/c1-6-24(36-26-17-19(2)11-12-20(26)3)29(33)31-23-10-8-7-9-22(23)28(32)30-16-15-21-13-14-25(34-4)27(18-21)35-5/h7-14,17-18,24H,6,15-16H2,1-5H3,(H,30,32)(H,31,33)/t24-/m1/s1. The maximum absolute atomic E-state index is 13.0. The van der Waals surface area contributed by atoms with E-state index in [2.05, 4.69) is 10.6 Å². The van der Waals surface area contributed by atoms with E-state index in [9.17, 15) is 9.59 Å². The van der Waals surface area contributed by atoms with Crippen LogP contribution in [0, 0.1) is 13.8 Å². The molecule has 0 aliphatic carbocycles. The molecule has 0 spiro atoms. The zero-order valence-electron chi connectivity index (χ0n) is 21.5. The molecule has 7 heteroatoms. The summed E-state index contributed by atoms with van der Waals surface area (Å²) in [7, 11) is 3.18. The summed E-state index contributed by atoms with van der Waals surface area (Å²) >= 11 is 0. The number of amides is 2. The highest BCUT2D eigenvalue weighted by molar-refractivity contribution is 6.04. The fourth-order valence-corrected chi connectivity index (χ4v) is 3.76. The lowest BCUT2D eigenvalue weighted by Gasteiger charge is -2.20. The summed E-state index contributed by atoms with van der Waals surface area (Å²) in [6.07, 6.45) is 0.410. The zero-order valence-corrected chi connectivity index (χ0v) is 21.5. The van der Waals surface area contributed by atoms with Crippen LogP contribution in [0.15, 0.2) is 60.7 Å². The van der Waals surface area contributed by atoms with Gasteiger partial charge < -0.3 is 24.8 Å². The van der Waals surface area contributed by atoms with Gasteiger partial charge in [0.15, 0.2) is 17.6 Å². The summed E-state index contributed by atoms with van der Waals surface area (Å²) in [5.41, 5.74) is 3.85. The molecule has 36 heavy (non-hydrogen) atoms. The van der Waals surface area contributed by atoms with Gasteiger partial charge in [0, 0.05) is 6.54 Å². The van der Waals surface area contributed by atoms with Crippen LogP contribution in [0.3, 0.4) is 0 Å². The van der Waals surface area contributed by atoms with Crippen LogP contribution in [-0.4, -0.2) is 38.7 Å². The average Bonchev–Trinajstić information content (AvgIpc) is 2.89. The van der Waals surface area contributed by atoms with E-state index >= 15 is 0 Å². The van der Waals surface area contributed by atoms with E-state index in [4.69, 9.17) is 14.2 Å². The van der Waals surface area contributed by atoms with Gasteiger partial charge in [-0.2, -0.15) is 0 Å². The number of rotatable bonds is 11. The lowest BCUT2D eigenvalue weighted by molar-refractivity contribution is -0.122. The summed E-state index contributed by atoms with van der Waals surface area (Å²) < 4.78 is 16.6. The van der Waals surface area contributed by atoms with Gasteiger partial charge in [-0.25, -0.2) is 0 Å². The van der Waals surface area contributed by atoms with Gasteiger partial charge in [0.1, 0.15) is 5.75 Å². The van der Waals surface area contributed by atoms with E-state index in [1.807, 2.05) is 57.2 Å². The van der Waals surface area contributed by atoms with Crippen molar-refractivity contribution in [3.63, 3.8) is 0 Å². The van der Waals surface area contributed by atoms with Crippen LogP contribution in [-0.2, 0) is 11.2 Å². The van der Waals surface area contributed by atoms with E-state index in [1.54, 1.807) is 38.5 Å². The third-order valence-electron chi connectivity index (χ3n) is 5.85. The first-order valence-electron chi connectivity index (χ1n) is 12.0. The summed E-state index contributed by atoms with van der Waals surface area (Å²) in [6, 6.07) is 18.5. The van der Waals surface area contributed by atoms with Gasteiger partial charge >= 0.3 is 0 Å². The van der Waals surface area contributed by atoms with E-state index < -0.39 is 6.10 Å². The number of carbonyl (C=O) groups is 2. The first kappa shape index (κ1) is 26.6. The van der Waals surface area contributed by atoms with Crippen LogP contribution >= 0.6 is 0 Å². The van der Waals surface area contributed by atoms with Crippen molar-refractivity contribution in [2.24, 2.45) is 0 Å². The van der Waals surface area contributed by atoms with E-state index in [0.717, 1.165) is 16.7 Å². The molecule has 0 aliphatic rings. The summed E-state index contributed by atoms with van der Waals surface area (Å²) in [5.74, 6) is 1.40. The summed E-state index contributed by atoms with van der Waals surface area (Å²) in [5, 5.41) is 5.81. The fourth-order valence-electron chi connectivity index (χ4n) is 3.76. The van der Waals surface area contributed by atoms with Crippen LogP contribution < -0.4 is 24.8 Å². The van der Waals surface area contributed by atoms with Gasteiger partial charge in [0.05, 0.1) is 25.5 Å². The second kappa shape index (κ2) is 12.6. The number of aryl methyl sites for hydroxylation is 2.